The Morgan fingerprint density at radius 2 is 1.80 bits per heavy atom. The van der Waals surface area contributed by atoms with Gasteiger partial charge in [0.2, 0.25) is 0 Å². The topological polar surface area (TPSA) is 69.6 Å². The van der Waals surface area contributed by atoms with Crippen molar-refractivity contribution in [1.82, 2.24) is 20.2 Å². The first-order valence-electron chi connectivity index (χ1n) is 6.09. The van der Waals surface area contributed by atoms with Gasteiger partial charge in [0.1, 0.15) is 0 Å². The zero-order chi connectivity index (χ0) is 13.9. The van der Waals surface area contributed by atoms with Gasteiger partial charge in [0.25, 0.3) is 0 Å². The van der Waals surface area contributed by atoms with Crippen LogP contribution < -0.4 is 5.73 Å². The normalized spacial score (nSPS) is 10.7. The van der Waals surface area contributed by atoms with Crippen LogP contribution in [0.2, 0.25) is 0 Å². The van der Waals surface area contributed by atoms with Crippen LogP contribution in [0.1, 0.15) is 5.56 Å². The number of nitrogen functional groups attached to an aromatic ring is 1. The quantitative estimate of drug-likeness (QED) is 0.750. The lowest BCUT2D eigenvalue weighted by atomic mass is 10.2. The van der Waals surface area contributed by atoms with Crippen molar-refractivity contribution in [3.05, 3.63) is 58.6 Å². The maximum Gasteiger partial charge on any atom is 0.182 e. The van der Waals surface area contributed by atoms with E-state index in [1.54, 1.807) is 4.68 Å². The number of nitrogens with zero attached hydrogens (tertiary/aromatic N) is 4. The summed E-state index contributed by atoms with van der Waals surface area (Å²) in [5.41, 5.74) is 8.48. The molecule has 100 valence electrons. The molecule has 0 radical (unpaired) electrons. The Morgan fingerprint density at radius 3 is 2.55 bits per heavy atom. The molecular weight excluding hydrogens is 318 g/mol. The minimum atomic E-state index is 0.605. The van der Waals surface area contributed by atoms with E-state index in [2.05, 4.69) is 31.5 Å². The van der Waals surface area contributed by atoms with Gasteiger partial charge in [-0.3, -0.25) is 0 Å². The van der Waals surface area contributed by atoms with Crippen LogP contribution in [0.5, 0.6) is 0 Å². The first kappa shape index (κ1) is 12.8. The SMILES string of the molecule is Nc1ccc(-c2nnnn2Cc2ccccc2Br)cc1. The van der Waals surface area contributed by atoms with E-state index in [9.17, 15) is 0 Å². The number of tetrazole rings is 1. The third-order valence-corrected chi connectivity index (χ3v) is 3.75. The van der Waals surface area contributed by atoms with Crippen molar-refractivity contribution in [2.75, 3.05) is 5.73 Å². The molecule has 6 heteroatoms. The Hall–Kier alpha value is -2.21. The summed E-state index contributed by atoms with van der Waals surface area (Å²) >= 11 is 3.53. The molecule has 3 aromatic rings. The molecule has 0 bridgehead atoms. The van der Waals surface area contributed by atoms with Crippen molar-refractivity contribution in [2.24, 2.45) is 0 Å². The van der Waals surface area contributed by atoms with Gasteiger partial charge in [-0.2, -0.15) is 0 Å². The largest absolute Gasteiger partial charge is 0.399 e. The fraction of sp³-hybridized carbons (Fsp3) is 0.0714. The molecule has 0 aliphatic carbocycles. The number of benzene rings is 2. The Bertz CT molecular complexity index is 720. The van der Waals surface area contributed by atoms with E-state index < -0.39 is 0 Å². The first-order chi connectivity index (χ1) is 9.74. The van der Waals surface area contributed by atoms with Crippen molar-refractivity contribution in [2.45, 2.75) is 6.54 Å². The molecule has 0 fully saturated rings. The van der Waals surface area contributed by atoms with E-state index >= 15 is 0 Å². The molecule has 0 aliphatic heterocycles. The second kappa shape index (κ2) is 5.42. The van der Waals surface area contributed by atoms with Crippen LogP contribution in [0.25, 0.3) is 11.4 Å². The summed E-state index contributed by atoms with van der Waals surface area (Å²) in [5, 5.41) is 11.9. The Balaban J connectivity index is 1.95. The van der Waals surface area contributed by atoms with Crippen molar-refractivity contribution in [3.63, 3.8) is 0 Å². The molecule has 0 spiro atoms. The molecule has 0 saturated carbocycles. The van der Waals surface area contributed by atoms with Crippen molar-refractivity contribution in [3.8, 4) is 11.4 Å². The van der Waals surface area contributed by atoms with Gasteiger partial charge >= 0.3 is 0 Å². The molecule has 0 unspecified atom stereocenters. The first-order valence-corrected chi connectivity index (χ1v) is 6.89. The molecule has 3 rings (SSSR count). The maximum absolute atomic E-state index is 5.70. The van der Waals surface area contributed by atoms with E-state index in [1.807, 2.05) is 48.5 Å². The molecule has 0 amide bonds. The zero-order valence-electron chi connectivity index (χ0n) is 10.6. The highest BCUT2D eigenvalue weighted by molar-refractivity contribution is 9.10. The van der Waals surface area contributed by atoms with Crippen LogP contribution in [0.15, 0.2) is 53.0 Å². The Kier molecular flexibility index (Phi) is 3.47. The van der Waals surface area contributed by atoms with Crippen LogP contribution in [0.4, 0.5) is 5.69 Å². The molecule has 20 heavy (non-hydrogen) atoms. The molecule has 2 aromatic carbocycles. The summed E-state index contributed by atoms with van der Waals surface area (Å²) in [7, 11) is 0. The predicted molar refractivity (Wildman–Crippen MR) is 80.9 cm³/mol. The lowest BCUT2D eigenvalue weighted by Crippen LogP contribution is -2.05. The Labute approximate surface area is 124 Å². The molecular formula is C14H12BrN5. The number of nitrogens with two attached hydrogens (primary N) is 1. The number of aromatic nitrogens is 4. The average molecular weight is 330 g/mol. The number of anilines is 1. The fourth-order valence-corrected chi connectivity index (χ4v) is 2.35. The fourth-order valence-electron chi connectivity index (χ4n) is 1.94. The number of hydrogen-bond acceptors (Lipinski definition) is 4. The zero-order valence-corrected chi connectivity index (χ0v) is 12.2. The molecule has 2 N–H and O–H groups in total. The minimum absolute atomic E-state index is 0.605. The van der Waals surface area contributed by atoms with Crippen LogP contribution in [0, 0.1) is 0 Å². The van der Waals surface area contributed by atoms with Gasteiger partial charge in [0, 0.05) is 15.7 Å². The Morgan fingerprint density at radius 1 is 1.05 bits per heavy atom. The maximum atomic E-state index is 5.70. The van der Waals surface area contributed by atoms with E-state index in [1.165, 1.54) is 0 Å². The average Bonchev–Trinajstić information content (AvgIpc) is 2.90. The minimum Gasteiger partial charge on any atom is -0.399 e. The highest BCUT2D eigenvalue weighted by atomic mass is 79.9. The van der Waals surface area contributed by atoms with Crippen molar-refractivity contribution in [1.29, 1.82) is 0 Å². The smallest absolute Gasteiger partial charge is 0.182 e. The lowest BCUT2D eigenvalue weighted by molar-refractivity contribution is 0.652. The van der Waals surface area contributed by atoms with Gasteiger partial charge in [-0.15, -0.1) is 5.10 Å². The van der Waals surface area contributed by atoms with Gasteiger partial charge in [-0.25, -0.2) is 4.68 Å². The van der Waals surface area contributed by atoms with E-state index in [4.69, 9.17) is 5.73 Å². The summed E-state index contributed by atoms with van der Waals surface area (Å²) in [6, 6.07) is 15.5. The summed E-state index contributed by atoms with van der Waals surface area (Å²) in [6.45, 7) is 0.605. The summed E-state index contributed by atoms with van der Waals surface area (Å²) < 4.78 is 2.81. The molecule has 1 aromatic heterocycles. The highest BCUT2D eigenvalue weighted by Crippen LogP contribution is 2.21. The third-order valence-electron chi connectivity index (χ3n) is 2.98. The lowest BCUT2D eigenvalue weighted by Gasteiger charge is -2.06. The molecule has 0 saturated heterocycles. The van der Waals surface area contributed by atoms with Crippen LogP contribution in [-0.4, -0.2) is 20.2 Å². The van der Waals surface area contributed by atoms with Gasteiger partial charge in [-0.1, -0.05) is 34.1 Å². The highest BCUT2D eigenvalue weighted by Gasteiger charge is 2.10. The third kappa shape index (κ3) is 2.55. The van der Waals surface area contributed by atoms with Crippen LogP contribution in [0.3, 0.4) is 0 Å². The van der Waals surface area contributed by atoms with E-state index in [0.29, 0.717) is 6.54 Å². The second-order valence-corrected chi connectivity index (χ2v) is 5.23. The van der Waals surface area contributed by atoms with E-state index in [0.717, 1.165) is 27.1 Å². The van der Waals surface area contributed by atoms with Crippen molar-refractivity contribution >= 4 is 21.6 Å². The molecule has 1 heterocycles. The standard InChI is InChI=1S/C14H12BrN5/c15-13-4-2-1-3-11(13)9-20-14(17-18-19-20)10-5-7-12(16)8-6-10/h1-8H,9,16H2. The predicted octanol–water partition coefficient (Wildman–Crippen LogP) is 2.73. The van der Waals surface area contributed by atoms with Gasteiger partial charge in [0.05, 0.1) is 6.54 Å². The molecule has 0 aliphatic rings. The van der Waals surface area contributed by atoms with Gasteiger partial charge < -0.3 is 5.73 Å². The number of hydrogen-bond donors (Lipinski definition) is 1. The van der Waals surface area contributed by atoms with Crippen LogP contribution in [-0.2, 0) is 6.54 Å². The summed E-state index contributed by atoms with van der Waals surface area (Å²) in [6.07, 6.45) is 0. The van der Waals surface area contributed by atoms with Crippen LogP contribution >= 0.6 is 15.9 Å². The second-order valence-electron chi connectivity index (χ2n) is 4.37. The van der Waals surface area contributed by atoms with Gasteiger partial charge in [-0.05, 0) is 46.3 Å². The number of halogens is 1. The molecule has 5 nitrogen and oxygen atoms in total. The van der Waals surface area contributed by atoms with E-state index in [-0.39, 0.29) is 0 Å². The van der Waals surface area contributed by atoms with Gasteiger partial charge in [0.15, 0.2) is 5.82 Å². The van der Waals surface area contributed by atoms with Crippen molar-refractivity contribution < 1.29 is 0 Å². The number of rotatable bonds is 3. The monoisotopic (exact) mass is 329 g/mol. The molecule has 0 atom stereocenters. The summed E-state index contributed by atoms with van der Waals surface area (Å²) in [4.78, 5) is 0. The summed E-state index contributed by atoms with van der Waals surface area (Å²) in [5.74, 6) is 0.723.